The molecule has 1 heterocycles. The van der Waals surface area contributed by atoms with Gasteiger partial charge in [0, 0.05) is 18.2 Å². The second-order valence-corrected chi connectivity index (χ2v) is 3.25. The molecule has 1 rings (SSSR count). The van der Waals surface area contributed by atoms with E-state index in [-0.39, 0.29) is 5.91 Å². The Kier molecular flexibility index (Phi) is 3.66. The number of aromatic nitrogens is 2. The lowest BCUT2D eigenvalue weighted by atomic mass is 10.4. The Hall–Kier alpha value is -0.970. The molecule has 12 heavy (non-hydrogen) atoms. The van der Waals surface area contributed by atoms with E-state index in [9.17, 15) is 4.79 Å². The first kappa shape index (κ1) is 9.12. The van der Waals surface area contributed by atoms with Gasteiger partial charge in [-0.1, -0.05) is 0 Å². The van der Waals surface area contributed by atoms with Gasteiger partial charge in [-0.3, -0.25) is 9.89 Å². The monoisotopic (exact) mass is 185 g/mol. The zero-order chi connectivity index (χ0) is 8.81. The average molecular weight is 185 g/mol. The van der Waals surface area contributed by atoms with Gasteiger partial charge in [0.15, 0.2) is 0 Å². The van der Waals surface area contributed by atoms with Gasteiger partial charge in [-0.05, 0) is 6.26 Å². The van der Waals surface area contributed by atoms with Gasteiger partial charge in [0.25, 0.3) is 0 Å². The number of aromatic amines is 1. The fourth-order valence-corrected chi connectivity index (χ4v) is 1.12. The average Bonchev–Trinajstić information content (AvgIpc) is 2.53. The van der Waals surface area contributed by atoms with Gasteiger partial charge in [0.1, 0.15) is 5.82 Å². The van der Waals surface area contributed by atoms with Crippen molar-refractivity contribution in [3.05, 3.63) is 12.3 Å². The summed E-state index contributed by atoms with van der Waals surface area (Å²) < 4.78 is 0. The summed E-state index contributed by atoms with van der Waals surface area (Å²) in [7, 11) is 0. The van der Waals surface area contributed by atoms with Crippen molar-refractivity contribution in [2.45, 2.75) is 6.42 Å². The molecular weight excluding hydrogens is 174 g/mol. The Bertz CT molecular complexity index is 235. The van der Waals surface area contributed by atoms with E-state index in [1.807, 2.05) is 6.26 Å². The summed E-state index contributed by atoms with van der Waals surface area (Å²) in [4.78, 5) is 11.1. The normalized spacial score (nSPS) is 9.75. The number of nitrogens with zero attached hydrogens (tertiary/aromatic N) is 1. The predicted octanol–water partition coefficient (Wildman–Crippen LogP) is 1.10. The molecule has 0 aliphatic rings. The van der Waals surface area contributed by atoms with Crippen LogP contribution in [0.25, 0.3) is 0 Å². The van der Waals surface area contributed by atoms with E-state index in [0.717, 1.165) is 5.75 Å². The van der Waals surface area contributed by atoms with Crippen LogP contribution >= 0.6 is 11.8 Å². The molecule has 1 aromatic heterocycles. The van der Waals surface area contributed by atoms with E-state index in [1.54, 1.807) is 24.0 Å². The first-order valence-corrected chi connectivity index (χ1v) is 5.00. The van der Waals surface area contributed by atoms with Crippen LogP contribution in [0.5, 0.6) is 0 Å². The van der Waals surface area contributed by atoms with E-state index >= 15 is 0 Å². The highest BCUT2D eigenvalue weighted by Crippen LogP contribution is 2.01. The predicted molar refractivity (Wildman–Crippen MR) is 50.2 cm³/mol. The summed E-state index contributed by atoms with van der Waals surface area (Å²) >= 11 is 1.66. The summed E-state index contributed by atoms with van der Waals surface area (Å²) in [6.45, 7) is 0. The molecule has 0 aliphatic carbocycles. The number of hydrogen-bond donors (Lipinski definition) is 2. The lowest BCUT2D eigenvalue weighted by molar-refractivity contribution is -0.115. The van der Waals surface area contributed by atoms with Gasteiger partial charge in [0.2, 0.25) is 5.91 Å². The zero-order valence-corrected chi connectivity index (χ0v) is 7.65. The Morgan fingerprint density at radius 2 is 2.67 bits per heavy atom. The highest BCUT2D eigenvalue weighted by molar-refractivity contribution is 7.98. The smallest absolute Gasteiger partial charge is 0.226 e. The van der Waals surface area contributed by atoms with E-state index in [4.69, 9.17) is 0 Å². The fraction of sp³-hybridized carbons (Fsp3) is 0.429. The van der Waals surface area contributed by atoms with Crippen LogP contribution in [0.2, 0.25) is 0 Å². The lowest BCUT2D eigenvalue weighted by Gasteiger charge is -1.99. The first-order chi connectivity index (χ1) is 5.83. The maximum Gasteiger partial charge on any atom is 0.226 e. The van der Waals surface area contributed by atoms with Crippen LogP contribution in [0.15, 0.2) is 12.3 Å². The lowest BCUT2D eigenvalue weighted by Crippen LogP contribution is -2.12. The standard InChI is InChI=1S/C7H11N3OS/c1-12-5-3-7(11)9-6-2-4-8-10-6/h2,4H,3,5H2,1H3,(H2,8,9,10,11). The molecule has 5 heteroatoms. The summed E-state index contributed by atoms with van der Waals surface area (Å²) in [5.74, 6) is 1.52. The highest BCUT2D eigenvalue weighted by Gasteiger charge is 2.00. The number of anilines is 1. The van der Waals surface area contributed by atoms with Crippen molar-refractivity contribution in [3.8, 4) is 0 Å². The van der Waals surface area contributed by atoms with Crippen molar-refractivity contribution in [2.75, 3.05) is 17.3 Å². The van der Waals surface area contributed by atoms with Crippen LogP contribution in [0.4, 0.5) is 5.82 Å². The minimum Gasteiger partial charge on any atom is -0.311 e. The number of H-pyrrole nitrogens is 1. The summed E-state index contributed by atoms with van der Waals surface area (Å²) in [5.41, 5.74) is 0. The summed E-state index contributed by atoms with van der Waals surface area (Å²) in [5, 5.41) is 9.05. The topological polar surface area (TPSA) is 57.8 Å². The van der Waals surface area contributed by atoms with Gasteiger partial charge in [-0.25, -0.2) is 0 Å². The Morgan fingerprint density at radius 3 is 3.25 bits per heavy atom. The zero-order valence-electron chi connectivity index (χ0n) is 6.83. The maximum absolute atomic E-state index is 11.1. The van der Waals surface area contributed by atoms with Crippen LogP contribution in [0.3, 0.4) is 0 Å². The van der Waals surface area contributed by atoms with Crippen LogP contribution in [-0.2, 0) is 4.79 Å². The third-order valence-electron chi connectivity index (χ3n) is 1.31. The number of rotatable bonds is 4. The molecule has 1 aromatic rings. The van der Waals surface area contributed by atoms with Crippen molar-refractivity contribution in [1.82, 2.24) is 10.2 Å². The molecule has 0 saturated carbocycles. The SMILES string of the molecule is CSCCC(=O)Nc1ccn[nH]1. The number of thioether (sulfide) groups is 1. The Morgan fingerprint density at radius 1 is 1.83 bits per heavy atom. The second-order valence-electron chi connectivity index (χ2n) is 2.26. The Labute approximate surface area is 75.1 Å². The number of hydrogen-bond acceptors (Lipinski definition) is 3. The molecule has 1 amide bonds. The van der Waals surface area contributed by atoms with Crippen molar-refractivity contribution in [3.63, 3.8) is 0 Å². The quantitative estimate of drug-likeness (QED) is 0.738. The van der Waals surface area contributed by atoms with Crippen molar-refractivity contribution in [2.24, 2.45) is 0 Å². The van der Waals surface area contributed by atoms with Gasteiger partial charge in [0.05, 0.1) is 6.20 Å². The molecule has 4 nitrogen and oxygen atoms in total. The fourth-order valence-electron chi connectivity index (χ4n) is 0.733. The van der Waals surface area contributed by atoms with E-state index in [1.165, 1.54) is 0 Å². The van der Waals surface area contributed by atoms with Crippen molar-refractivity contribution >= 4 is 23.5 Å². The minimum atomic E-state index is 0.0219. The molecule has 0 unspecified atom stereocenters. The van der Waals surface area contributed by atoms with Gasteiger partial charge in [-0.15, -0.1) is 0 Å². The number of amides is 1. The minimum absolute atomic E-state index is 0.0219. The molecule has 0 bridgehead atoms. The molecule has 2 N–H and O–H groups in total. The highest BCUT2D eigenvalue weighted by atomic mass is 32.2. The van der Waals surface area contributed by atoms with Gasteiger partial charge in [-0.2, -0.15) is 16.9 Å². The molecule has 0 saturated heterocycles. The molecule has 0 aliphatic heterocycles. The van der Waals surface area contributed by atoms with Crippen molar-refractivity contribution in [1.29, 1.82) is 0 Å². The second kappa shape index (κ2) is 4.82. The van der Waals surface area contributed by atoms with E-state index in [0.29, 0.717) is 12.2 Å². The van der Waals surface area contributed by atoms with Crippen LogP contribution in [0.1, 0.15) is 6.42 Å². The Balaban J connectivity index is 2.27. The number of carbonyl (C=O) groups is 1. The van der Waals surface area contributed by atoms with Crippen LogP contribution < -0.4 is 5.32 Å². The maximum atomic E-state index is 11.1. The molecule has 0 spiro atoms. The van der Waals surface area contributed by atoms with E-state index < -0.39 is 0 Å². The number of carbonyl (C=O) groups excluding carboxylic acids is 1. The van der Waals surface area contributed by atoms with Crippen molar-refractivity contribution < 1.29 is 4.79 Å². The number of nitrogens with one attached hydrogen (secondary N) is 2. The van der Waals surface area contributed by atoms with Crippen LogP contribution in [-0.4, -0.2) is 28.1 Å². The van der Waals surface area contributed by atoms with Gasteiger partial charge >= 0.3 is 0 Å². The molecular formula is C7H11N3OS. The first-order valence-electron chi connectivity index (χ1n) is 3.61. The van der Waals surface area contributed by atoms with E-state index in [2.05, 4.69) is 15.5 Å². The third kappa shape index (κ3) is 2.96. The summed E-state index contributed by atoms with van der Waals surface area (Å²) in [6.07, 6.45) is 4.12. The van der Waals surface area contributed by atoms with Crippen LogP contribution in [0, 0.1) is 0 Å². The molecule has 0 fully saturated rings. The molecule has 0 aromatic carbocycles. The third-order valence-corrected chi connectivity index (χ3v) is 1.92. The van der Waals surface area contributed by atoms with Gasteiger partial charge < -0.3 is 5.32 Å². The summed E-state index contributed by atoms with van der Waals surface area (Å²) in [6, 6.07) is 1.72. The molecule has 0 atom stereocenters. The molecule has 66 valence electrons. The molecule has 0 radical (unpaired) electrons. The largest absolute Gasteiger partial charge is 0.311 e.